The summed E-state index contributed by atoms with van der Waals surface area (Å²) in [7, 11) is 0. The van der Waals surface area contributed by atoms with Crippen LogP contribution in [0.15, 0.2) is 40.4 Å². The van der Waals surface area contributed by atoms with Crippen LogP contribution in [0.4, 0.5) is 0 Å². The number of hydrogen-bond acceptors (Lipinski definition) is 4. The number of ether oxygens (including phenoxy) is 1. The molecule has 122 valence electrons. The summed E-state index contributed by atoms with van der Waals surface area (Å²) < 4.78 is 5.17. The van der Waals surface area contributed by atoms with Gasteiger partial charge in [0.05, 0.1) is 6.10 Å². The van der Waals surface area contributed by atoms with Gasteiger partial charge in [-0.1, -0.05) is 53.5 Å². The Morgan fingerprint density at radius 1 is 1.09 bits per heavy atom. The summed E-state index contributed by atoms with van der Waals surface area (Å²) in [5.41, 5.74) is 0.776. The van der Waals surface area contributed by atoms with E-state index in [-0.39, 0.29) is 22.6 Å². The first-order valence-corrected chi connectivity index (χ1v) is 7.76. The number of rotatable bonds is 5. The van der Waals surface area contributed by atoms with Crippen LogP contribution in [0, 0.1) is 0 Å². The first-order valence-electron chi connectivity index (χ1n) is 7.00. The van der Waals surface area contributed by atoms with E-state index in [1.807, 2.05) is 6.07 Å². The first kappa shape index (κ1) is 17.5. The second kappa shape index (κ2) is 7.15. The molecule has 1 aliphatic heterocycles. The lowest BCUT2D eigenvalue weighted by molar-refractivity contribution is -0.160. The number of esters is 1. The van der Waals surface area contributed by atoms with Crippen molar-refractivity contribution in [1.29, 1.82) is 0 Å². The van der Waals surface area contributed by atoms with Gasteiger partial charge in [-0.2, -0.15) is 0 Å². The SMILES string of the molecule is CC(C)OC(=O)[C@H](Cc1ccccc1)N1C(=O)C(Cl)=C(Cl)C1=O. The first-order chi connectivity index (χ1) is 10.8. The zero-order valence-corrected chi connectivity index (χ0v) is 14.1. The third kappa shape index (κ3) is 3.74. The molecule has 0 saturated carbocycles. The number of imide groups is 1. The van der Waals surface area contributed by atoms with Crippen LogP contribution in [0.25, 0.3) is 0 Å². The third-order valence-corrected chi connectivity index (χ3v) is 4.01. The summed E-state index contributed by atoms with van der Waals surface area (Å²) in [5.74, 6) is -2.26. The quantitative estimate of drug-likeness (QED) is 0.601. The van der Waals surface area contributed by atoms with Crippen LogP contribution in [0.2, 0.25) is 0 Å². The minimum absolute atomic E-state index is 0.123. The molecule has 0 saturated heterocycles. The fourth-order valence-corrected chi connectivity index (χ4v) is 2.55. The maximum atomic E-state index is 12.4. The average Bonchev–Trinajstić information content (AvgIpc) is 2.69. The van der Waals surface area contributed by atoms with Crippen molar-refractivity contribution in [2.45, 2.75) is 32.4 Å². The van der Waals surface area contributed by atoms with Crippen LogP contribution in [-0.2, 0) is 25.5 Å². The standard InChI is InChI=1S/C16H15Cl2NO4/c1-9(2)23-16(22)11(8-10-6-4-3-5-7-10)19-14(20)12(17)13(18)15(19)21/h3-7,9,11H,8H2,1-2H3/t11-/m0/s1. The third-order valence-electron chi connectivity index (χ3n) is 3.21. The predicted octanol–water partition coefficient (Wildman–Crippen LogP) is 2.61. The molecule has 2 amide bonds. The second-order valence-corrected chi connectivity index (χ2v) is 6.06. The molecule has 1 aromatic carbocycles. The van der Waals surface area contributed by atoms with E-state index in [2.05, 4.69) is 0 Å². The zero-order chi connectivity index (χ0) is 17.1. The Labute approximate surface area is 143 Å². The van der Waals surface area contributed by atoms with Gasteiger partial charge >= 0.3 is 5.97 Å². The van der Waals surface area contributed by atoms with Crippen molar-refractivity contribution in [3.8, 4) is 0 Å². The van der Waals surface area contributed by atoms with Gasteiger partial charge in [0.1, 0.15) is 16.1 Å². The average molecular weight is 356 g/mol. The molecule has 0 unspecified atom stereocenters. The van der Waals surface area contributed by atoms with E-state index < -0.39 is 23.8 Å². The van der Waals surface area contributed by atoms with Crippen molar-refractivity contribution < 1.29 is 19.1 Å². The zero-order valence-electron chi connectivity index (χ0n) is 12.6. The highest BCUT2D eigenvalue weighted by atomic mass is 35.5. The van der Waals surface area contributed by atoms with E-state index in [1.165, 1.54) is 0 Å². The molecule has 0 bridgehead atoms. The highest BCUT2D eigenvalue weighted by Crippen LogP contribution is 2.29. The summed E-state index contributed by atoms with van der Waals surface area (Å²) in [5, 5.41) is -0.765. The van der Waals surface area contributed by atoms with E-state index >= 15 is 0 Å². The van der Waals surface area contributed by atoms with Gasteiger partial charge in [-0.15, -0.1) is 0 Å². The van der Waals surface area contributed by atoms with Crippen LogP contribution < -0.4 is 0 Å². The van der Waals surface area contributed by atoms with E-state index in [9.17, 15) is 14.4 Å². The normalized spacial score (nSPS) is 16.3. The van der Waals surface area contributed by atoms with Crippen molar-refractivity contribution >= 4 is 41.0 Å². The topological polar surface area (TPSA) is 63.7 Å². The molecule has 0 aliphatic carbocycles. The smallest absolute Gasteiger partial charge is 0.329 e. The molecular formula is C16H15Cl2NO4. The largest absolute Gasteiger partial charge is 0.461 e. The van der Waals surface area contributed by atoms with Crippen molar-refractivity contribution in [2.75, 3.05) is 0 Å². The molecule has 7 heteroatoms. The lowest BCUT2D eigenvalue weighted by Gasteiger charge is -2.25. The molecule has 1 aromatic rings. The number of carbonyl (C=O) groups excluding carboxylic acids is 3. The number of benzene rings is 1. The van der Waals surface area contributed by atoms with Gasteiger partial charge in [0, 0.05) is 6.42 Å². The van der Waals surface area contributed by atoms with Crippen molar-refractivity contribution in [3.63, 3.8) is 0 Å². The van der Waals surface area contributed by atoms with Gasteiger partial charge in [0.2, 0.25) is 0 Å². The Bertz CT molecular complexity index is 646. The Balaban J connectivity index is 2.33. The summed E-state index contributed by atoms with van der Waals surface area (Å²) >= 11 is 11.5. The minimum Gasteiger partial charge on any atom is -0.461 e. The lowest BCUT2D eigenvalue weighted by Crippen LogP contribution is -2.48. The number of carbonyl (C=O) groups is 3. The molecule has 0 fully saturated rings. The highest BCUT2D eigenvalue weighted by Gasteiger charge is 2.44. The Kier molecular flexibility index (Phi) is 5.44. The summed E-state index contributed by atoms with van der Waals surface area (Å²) in [6.45, 7) is 3.37. The molecule has 0 aromatic heterocycles. The van der Waals surface area contributed by atoms with Gasteiger partial charge in [-0.25, -0.2) is 4.79 Å². The van der Waals surface area contributed by atoms with E-state index in [0.29, 0.717) is 0 Å². The fraction of sp³-hybridized carbons (Fsp3) is 0.312. The molecular weight excluding hydrogens is 341 g/mol. The van der Waals surface area contributed by atoms with Crippen LogP contribution in [0.5, 0.6) is 0 Å². The number of nitrogens with zero attached hydrogens (tertiary/aromatic N) is 1. The fourth-order valence-electron chi connectivity index (χ4n) is 2.20. The van der Waals surface area contributed by atoms with Crippen LogP contribution in [0.1, 0.15) is 19.4 Å². The predicted molar refractivity (Wildman–Crippen MR) is 85.7 cm³/mol. The maximum absolute atomic E-state index is 12.4. The van der Waals surface area contributed by atoms with Crippen LogP contribution in [-0.4, -0.2) is 34.8 Å². The molecule has 0 spiro atoms. The Morgan fingerprint density at radius 3 is 2.09 bits per heavy atom. The summed E-state index contributed by atoms with van der Waals surface area (Å²) in [4.78, 5) is 37.5. The van der Waals surface area contributed by atoms with Gasteiger partial charge in [0.25, 0.3) is 11.8 Å². The van der Waals surface area contributed by atoms with Crippen LogP contribution >= 0.6 is 23.2 Å². The van der Waals surface area contributed by atoms with Crippen molar-refractivity contribution in [1.82, 2.24) is 4.90 Å². The van der Waals surface area contributed by atoms with Gasteiger partial charge in [-0.3, -0.25) is 14.5 Å². The van der Waals surface area contributed by atoms with Crippen LogP contribution in [0.3, 0.4) is 0 Å². The Morgan fingerprint density at radius 2 is 1.61 bits per heavy atom. The van der Waals surface area contributed by atoms with E-state index in [0.717, 1.165) is 10.5 Å². The van der Waals surface area contributed by atoms with E-state index in [1.54, 1.807) is 38.1 Å². The molecule has 0 N–H and O–H groups in total. The molecule has 0 radical (unpaired) electrons. The molecule has 2 rings (SSSR count). The number of halogens is 2. The van der Waals surface area contributed by atoms with Gasteiger partial charge in [-0.05, 0) is 19.4 Å². The number of amides is 2. The number of hydrogen-bond donors (Lipinski definition) is 0. The van der Waals surface area contributed by atoms with Crippen molar-refractivity contribution in [2.24, 2.45) is 0 Å². The van der Waals surface area contributed by atoms with Gasteiger partial charge < -0.3 is 4.74 Å². The summed E-state index contributed by atoms with van der Waals surface area (Å²) in [6, 6.07) is 7.88. The molecule has 1 heterocycles. The van der Waals surface area contributed by atoms with Gasteiger partial charge in [0.15, 0.2) is 0 Å². The Hall–Kier alpha value is -1.85. The monoisotopic (exact) mass is 355 g/mol. The molecule has 1 aliphatic rings. The lowest BCUT2D eigenvalue weighted by atomic mass is 10.0. The maximum Gasteiger partial charge on any atom is 0.329 e. The van der Waals surface area contributed by atoms with E-state index in [4.69, 9.17) is 27.9 Å². The molecule has 5 nitrogen and oxygen atoms in total. The highest BCUT2D eigenvalue weighted by molar-refractivity contribution is 6.58. The molecule has 23 heavy (non-hydrogen) atoms. The van der Waals surface area contributed by atoms with Crippen molar-refractivity contribution in [3.05, 3.63) is 46.0 Å². The minimum atomic E-state index is -1.12. The molecule has 1 atom stereocenters. The second-order valence-electron chi connectivity index (χ2n) is 5.30. The summed E-state index contributed by atoms with van der Waals surface area (Å²) in [6.07, 6.45) is -0.259.